The van der Waals surface area contributed by atoms with Gasteiger partial charge in [0.25, 0.3) is 5.91 Å². The Hall–Kier alpha value is -2.83. The van der Waals surface area contributed by atoms with Gasteiger partial charge in [0.2, 0.25) is 0 Å². The van der Waals surface area contributed by atoms with Crippen molar-refractivity contribution in [3.8, 4) is 11.4 Å². The Morgan fingerprint density at radius 2 is 2.00 bits per heavy atom. The van der Waals surface area contributed by atoms with Crippen molar-refractivity contribution in [3.63, 3.8) is 0 Å². The van der Waals surface area contributed by atoms with Gasteiger partial charge in [-0.2, -0.15) is 5.10 Å². The second kappa shape index (κ2) is 7.63. The van der Waals surface area contributed by atoms with Gasteiger partial charge in [0.1, 0.15) is 5.75 Å². The average molecular weight is 331 g/mol. The standard InChI is InChI=1S/C17H21N3O4/c1-11(4-9-16(21)22)18-17(23)15-10-12(2)20(19-15)13-5-7-14(24-3)8-6-13/h5-8,10-11H,4,9H2,1-3H3,(H,18,23)(H,21,22). The number of rotatable bonds is 7. The number of benzene rings is 1. The first-order chi connectivity index (χ1) is 11.4. The fraction of sp³-hybridized carbons (Fsp3) is 0.353. The highest BCUT2D eigenvalue weighted by atomic mass is 16.5. The molecule has 0 saturated carbocycles. The van der Waals surface area contributed by atoms with Gasteiger partial charge >= 0.3 is 5.97 Å². The van der Waals surface area contributed by atoms with Crippen LogP contribution in [0.5, 0.6) is 5.75 Å². The summed E-state index contributed by atoms with van der Waals surface area (Å²) in [6.45, 7) is 3.63. The Balaban J connectivity index is 2.09. The Bertz CT molecular complexity index is 722. The van der Waals surface area contributed by atoms with Crippen LogP contribution >= 0.6 is 0 Å². The number of aromatic nitrogens is 2. The van der Waals surface area contributed by atoms with Crippen LogP contribution in [0.15, 0.2) is 30.3 Å². The minimum atomic E-state index is -0.879. The molecule has 0 bridgehead atoms. The third-order valence-corrected chi connectivity index (χ3v) is 3.61. The van der Waals surface area contributed by atoms with Crippen LogP contribution in [0.3, 0.4) is 0 Å². The lowest BCUT2D eigenvalue weighted by atomic mass is 10.2. The van der Waals surface area contributed by atoms with E-state index in [1.165, 1.54) is 0 Å². The maximum absolute atomic E-state index is 12.2. The number of aliphatic carboxylic acids is 1. The van der Waals surface area contributed by atoms with E-state index >= 15 is 0 Å². The van der Waals surface area contributed by atoms with Crippen LogP contribution in [0.25, 0.3) is 5.69 Å². The molecule has 1 heterocycles. The molecular weight excluding hydrogens is 310 g/mol. The van der Waals surface area contributed by atoms with Crippen molar-refractivity contribution < 1.29 is 19.4 Å². The van der Waals surface area contributed by atoms with Crippen LogP contribution in [0.2, 0.25) is 0 Å². The Kier molecular flexibility index (Phi) is 5.57. The monoisotopic (exact) mass is 331 g/mol. The summed E-state index contributed by atoms with van der Waals surface area (Å²) in [5.41, 5.74) is 1.94. The van der Waals surface area contributed by atoms with E-state index in [1.807, 2.05) is 31.2 Å². The van der Waals surface area contributed by atoms with Gasteiger partial charge in [0.05, 0.1) is 12.8 Å². The van der Waals surface area contributed by atoms with E-state index in [-0.39, 0.29) is 18.4 Å². The van der Waals surface area contributed by atoms with Gasteiger partial charge in [-0.05, 0) is 50.6 Å². The average Bonchev–Trinajstić information content (AvgIpc) is 2.95. The van der Waals surface area contributed by atoms with Crippen molar-refractivity contribution in [2.75, 3.05) is 7.11 Å². The molecule has 1 atom stereocenters. The number of nitrogens with zero attached hydrogens (tertiary/aromatic N) is 2. The number of hydrogen-bond donors (Lipinski definition) is 2. The lowest BCUT2D eigenvalue weighted by Crippen LogP contribution is -2.33. The molecule has 128 valence electrons. The molecule has 0 aliphatic rings. The van der Waals surface area contributed by atoms with Gasteiger partial charge in [-0.1, -0.05) is 0 Å². The molecule has 0 radical (unpaired) electrons. The number of ether oxygens (including phenoxy) is 1. The third kappa shape index (κ3) is 4.34. The molecule has 1 amide bonds. The summed E-state index contributed by atoms with van der Waals surface area (Å²) in [4.78, 5) is 22.8. The highest BCUT2D eigenvalue weighted by Crippen LogP contribution is 2.17. The molecule has 24 heavy (non-hydrogen) atoms. The predicted molar refractivity (Wildman–Crippen MR) is 88.7 cm³/mol. The van der Waals surface area contributed by atoms with Crippen LogP contribution in [-0.2, 0) is 4.79 Å². The maximum atomic E-state index is 12.2. The minimum Gasteiger partial charge on any atom is -0.497 e. The van der Waals surface area contributed by atoms with Crippen molar-refractivity contribution in [1.82, 2.24) is 15.1 Å². The summed E-state index contributed by atoms with van der Waals surface area (Å²) in [7, 11) is 1.60. The van der Waals surface area contributed by atoms with Crippen molar-refractivity contribution in [2.45, 2.75) is 32.7 Å². The summed E-state index contributed by atoms with van der Waals surface area (Å²) >= 11 is 0. The minimum absolute atomic E-state index is 0.0146. The predicted octanol–water partition coefficient (Wildman–Crippen LogP) is 2.17. The Labute approximate surface area is 140 Å². The number of nitrogens with one attached hydrogen (secondary N) is 1. The summed E-state index contributed by atoms with van der Waals surface area (Å²) in [5, 5.41) is 15.8. The van der Waals surface area contributed by atoms with Crippen LogP contribution in [0.1, 0.15) is 35.9 Å². The number of carboxylic acid groups (broad SMARTS) is 1. The molecule has 1 aromatic heterocycles. The first-order valence-corrected chi connectivity index (χ1v) is 7.64. The molecule has 0 aliphatic carbocycles. The van der Waals surface area contributed by atoms with Crippen molar-refractivity contribution in [2.24, 2.45) is 0 Å². The number of carbonyl (C=O) groups excluding carboxylic acids is 1. The molecule has 0 saturated heterocycles. The lowest BCUT2D eigenvalue weighted by molar-refractivity contribution is -0.137. The number of carboxylic acids is 1. The maximum Gasteiger partial charge on any atom is 0.303 e. The van der Waals surface area contributed by atoms with E-state index in [9.17, 15) is 9.59 Å². The van der Waals surface area contributed by atoms with E-state index in [1.54, 1.807) is 24.8 Å². The molecule has 2 rings (SSSR count). The van der Waals surface area contributed by atoms with E-state index in [4.69, 9.17) is 9.84 Å². The zero-order valence-corrected chi connectivity index (χ0v) is 13.9. The van der Waals surface area contributed by atoms with E-state index in [0.717, 1.165) is 17.1 Å². The number of methoxy groups -OCH3 is 1. The Morgan fingerprint density at radius 1 is 1.33 bits per heavy atom. The summed E-state index contributed by atoms with van der Waals surface area (Å²) in [5.74, 6) is -0.451. The molecule has 7 heteroatoms. The van der Waals surface area contributed by atoms with Gasteiger partial charge in [-0.3, -0.25) is 9.59 Å². The van der Waals surface area contributed by atoms with Crippen molar-refractivity contribution >= 4 is 11.9 Å². The summed E-state index contributed by atoms with van der Waals surface area (Å²) < 4.78 is 6.80. The molecule has 0 spiro atoms. The van der Waals surface area contributed by atoms with Crippen LogP contribution < -0.4 is 10.1 Å². The first kappa shape index (κ1) is 17.5. The van der Waals surface area contributed by atoms with Crippen molar-refractivity contribution in [1.29, 1.82) is 0 Å². The van der Waals surface area contributed by atoms with E-state index in [2.05, 4.69) is 10.4 Å². The molecule has 1 unspecified atom stereocenters. The fourth-order valence-corrected chi connectivity index (χ4v) is 2.28. The van der Waals surface area contributed by atoms with E-state index < -0.39 is 5.97 Å². The lowest BCUT2D eigenvalue weighted by Gasteiger charge is -2.11. The first-order valence-electron chi connectivity index (χ1n) is 7.64. The largest absolute Gasteiger partial charge is 0.497 e. The molecule has 0 fully saturated rings. The third-order valence-electron chi connectivity index (χ3n) is 3.61. The normalized spacial score (nSPS) is 11.8. The SMILES string of the molecule is COc1ccc(-n2nc(C(=O)NC(C)CCC(=O)O)cc2C)cc1. The van der Waals surface area contributed by atoms with Gasteiger partial charge < -0.3 is 15.2 Å². The van der Waals surface area contributed by atoms with Crippen LogP contribution in [-0.4, -0.2) is 39.9 Å². The number of amides is 1. The fourth-order valence-electron chi connectivity index (χ4n) is 2.28. The molecule has 1 aromatic carbocycles. The summed E-state index contributed by atoms with van der Waals surface area (Å²) in [6.07, 6.45) is 0.389. The number of aryl methyl sites for hydroxylation is 1. The molecule has 0 aliphatic heterocycles. The van der Waals surface area contributed by atoms with Crippen molar-refractivity contribution in [3.05, 3.63) is 41.7 Å². The molecule has 2 aromatic rings. The van der Waals surface area contributed by atoms with Crippen LogP contribution in [0, 0.1) is 6.92 Å². The smallest absolute Gasteiger partial charge is 0.303 e. The highest BCUT2D eigenvalue weighted by Gasteiger charge is 2.16. The number of hydrogen-bond acceptors (Lipinski definition) is 4. The van der Waals surface area contributed by atoms with Crippen LogP contribution in [0.4, 0.5) is 0 Å². The van der Waals surface area contributed by atoms with Gasteiger partial charge in [0.15, 0.2) is 5.69 Å². The van der Waals surface area contributed by atoms with Gasteiger partial charge in [-0.15, -0.1) is 0 Å². The molecule has 2 N–H and O–H groups in total. The second-order valence-corrected chi connectivity index (χ2v) is 5.59. The second-order valence-electron chi connectivity index (χ2n) is 5.59. The summed E-state index contributed by atoms with van der Waals surface area (Å²) in [6, 6.07) is 8.82. The van der Waals surface area contributed by atoms with E-state index in [0.29, 0.717) is 12.1 Å². The molecule has 7 nitrogen and oxygen atoms in total. The molecular formula is C17H21N3O4. The number of carbonyl (C=O) groups is 2. The highest BCUT2D eigenvalue weighted by molar-refractivity contribution is 5.92. The topological polar surface area (TPSA) is 93.5 Å². The Morgan fingerprint density at radius 3 is 2.58 bits per heavy atom. The quantitative estimate of drug-likeness (QED) is 0.811. The van der Waals surface area contributed by atoms with Gasteiger partial charge in [-0.25, -0.2) is 4.68 Å². The van der Waals surface area contributed by atoms with Gasteiger partial charge in [0, 0.05) is 18.2 Å². The zero-order valence-electron chi connectivity index (χ0n) is 13.9. The zero-order chi connectivity index (χ0) is 17.7.